The molecule has 3 aromatic carbocycles. The van der Waals surface area contributed by atoms with Crippen molar-refractivity contribution in [1.82, 2.24) is 9.78 Å². The quantitative estimate of drug-likeness (QED) is 0.403. The van der Waals surface area contributed by atoms with Gasteiger partial charge < -0.3 is 0 Å². The standard InChI is InChI=1S/C22H17BrN2/c1-16-7-9-18(10-8-16)22-15-21(17-11-13-19(23)14-12-17)24-25(22)20-5-3-2-4-6-20/h2-15H,1H3. The Hall–Kier alpha value is -2.65. The number of aromatic nitrogens is 2. The van der Waals surface area contributed by atoms with E-state index < -0.39 is 0 Å². The van der Waals surface area contributed by atoms with Crippen molar-refractivity contribution in [2.75, 3.05) is 0 Å². The van der Waals surface area contributed by atoms with E-state index in [0.29, 0.717) is 0 Å². The third-order valence-corrected chi connectivity index (χ3v) is 4.73. The second-order valence-electron chi connectivity index (χ2n) is 6.04. The highest BCUT2D eigenvalue weighted by atomic mass is 79.9. The lowest BCUT2D eigenvalue weighted by atomic mass is 10.1. The molecule has 0 spiro atoms. The Morgan fingerprint density at radius 2 is 1.40 bits per heavy atom. The summed E-state index contributed by atoms with van der Waals surface area (Å²) < 4.78 is 3.08. The molecule has 0 aliphatic carbocycles. The minimum atomic E-state index is 0.965. The molecule has 0 N–H and O–H groups in total. The van der Waals surface area contributed by atoms with E-state index in [9.17, 15) is 0 Å². The molecule has 4 aromatic rings. The molecule has 0 unspecified atom stereocenters. The highest BCUT2D eigenvalue weighted by Crippen LogP contribution is 2.29. The van der Waals surface area contributed by atoms with Crippen LogP contribution in [0.3, 0.4) is 0 Å². The van der Waals surface area contributed by atoms with E-state index >= 15 is 0 Å². The molecule has 0 saturated carbocycles. The van der Waals surface area contributed by atoms with Gasteiger partial charge in [-0.2, -0.15) is 5.10 Å². The van der Waals surface area contributed by atoms with Crippen molar-refractivity contribution in [2.45, 2.75) is 6.92 Å². The summed E-state index contributed by atoms with van der Waals surface area (Å²) >= 11 is 3.49. The Kier molecular flexibility index (Phi) is 4.24. The first-order valence-corrected chi connectivity index (χ1v) is 8.98. The van der Waals surface area contributed by atoms with Gasteiger partial charge in [-0.25, -0.2) is 4.68 Å². The van der Waals surface area contributed by atoms with Crippen LogP contribution >= 0.6 is 15.9 Å². The largest absolute Gasteiger partial charge is 0.232 e. The van der Waals surface area contributed by atoms with Gasteiger partial charge in [0.25, 0.3) is 0 Å². The number of halogens is 1. The summed E-state index contributed by atoms with van der Waals surface area (Å²) in [5.41, 5.74) is 6.62. The highest BCUT2D eigenvalue weighted by molar-refractivity contribution is 9.10. The minimum absolute atomic E-state index is 0.965. The molecule has 0 aliphatic rings. The van der Waals surface area contributed by atoms with E-state index in [-0.39, 0.29) is 0 Å². The Morgan fingerprint density at radius 3 is 2.08 bits per heavy atom. The van der Waals surface area contributed by atoms with Crippen LogP contribution in [0.5, 0.6) is 0 Å². The van der Waals surface area contributed by atoms with Gasteiger partial charge in [-0.15, -0.1) is 0 Å². The van der Waals surface area contributed by atoms with Crippen LogP contribution in [0.25, 0.3) is 28.2 Å². The van der Waals surface area contributed by atoms with Crippen LogP contribution in [0.15, 0.2) is 89.4 Å². The predicted octanol–water partition coefficient (Wildman–Crippen LogP) is 6.28. The van der Waals surface area contributed by atoms with E-state index in [4.69, 9.17) is 5.10 Å². The van der Waals surface area contributed by atoms with Crippen LogP contribution in [0.4, 0.5) is 0 Å². The molecule has 122 valence electrons. The molecule has 0 atom stereocenters. The molecular weight excluding hydrogens is 372 g/mol. The second kappa shape index (κ2) is 6.69. The normalized spacial score (nSPS) is 10.8. The molecule has 0 amide bonds. The maximum absolute atomic E-state index is 4.88. The van der Waals surface area contributed by atoms with Gasteiger partial charge in [0, 0.05) is 15.6 Å². The molecule has 0 aliphatic heterocycles. The average Bonchev–Trinajstić information content (AvgIpc) is 3.09. The average molecular weight is 389 g/mol. The monoisotopic (exact) mass is 388 g/mol. The fraction of sp³-hybridized carbons (Fsp3) is 0.0455. The number of rotatable bonds is 3. The van der Waals surface area contributed by atoms with Crippen LogP contribution in [0.1, 0.15) is 5.56 Å². The first-order valence-electron chi connectivity index (χ1n) is 8.19. The van der Waals surface area contributed by atoms with Crippen LogP contribution in [-0.4, -0.2) is 9.78 Å². The van der Waals surface area contributed by atoms with Crippen molar-refractivity contribution in [3.8, 4) is 28.2 Å². The Bertz CT molecular complexity index is 985. The van der Waals surface area contributed by atoms with Crippen LogP contribution < -0.4 is 0 Å². The fourth-order valence-electron chi connectivity index (χ4n) is 2.84. The minimum Gasteiger partial charge on any atom is -0.232 e. The molecule has 3 heteroatoms. The smallest absolute Gasteiger partial charge is 0.0934 e. The van der Waals surface area contributed by atoms with Crippen molar-refractivity contribution >= 4 is 15.9 Å². The van der Waals surface area contributed by atoms with Crippen LogP contribution in [0.2, 0.25) is 0 Å². The van der Waals surface area contributed by atoms with Crippen molar-refractivity contribution in [3.63, 3.8) is 0 Å². The maximum atomic E-state index is 4.88. The van der Waals surface area contributed by atoms with E-state index in [1.54, 1.807) is 0 Å². The summed E-state index contributed by atoms with van der Waals surface area (Å²) in [5, 5.41) is 4.88. The number of hydrogen-bond acceptors (Lipinski definition) is 1. The van der Waals surface area contributed by atoms with Gasteiger partial charge in [0.05, 0.1) is 17.1 Å². The zero-order chi connectivity index (χ0) is 17.2. The molecule has 25 heavy (non-hydrogen) atoms. The topological polar surface area (TPSA) is 17.8 Å². The van der Waals surface area contributed by atoms with E-state index in [1.807, 2.05) is 35.0 Å². The van der Waals surface area contributed by atoms with Crippen LogP contribution in [0, 0.1) is 6.92 Å². The van der Waals surface area contributed by atoms with Crippen LogP contribution in [-0.2, 0) is 0 Å². The molecule has 2 nitrogen and oxygen atoms in total. The first kappa shape index (κ1) is 15.9. The van der Waals surface area contributed by atoms with E-state index in [2.05, 4.69) is 77.5 Å². The number of benzene rings is 3. The second-order valence-corrected chi connectivity index (χ2v) is 6.95. The van der Waals surface area contributed by atoms with Gasteiger partial charge >= 0.3 is 0 Å². The summed E-state index contributed by atoms with van der Waals surface area (Å²) in [6.45, 7) is 2.10. The van der Waals surface area contributed by atoms with Gasteiger partial charge in [-0.3, -0.25) is 0 Å². The lowest BCUT2D eigenvalue weighted by molar-refractivity contribution is 0.892. The van der Waals surface area contributed by atoms with Crippen molar-refractivity contribution in [3.05, 3.63) is 95.0 Å². The van der Waals surface area contributed by atoms with Crippen molar-refractivity contribution in [1.29, 1.82) is 0 Å². The molecule has 4 rings (SSSR count). The molecule has 0 bridgehead atoms. The third kappa shape index (κ3) is 3.28. The summed E-state index contributed by atoms with van der Waals surface area (Å²) in [6, 6.07) is 29.2. The fourth-order valence-corrected chi connectivity index (χ4v) is 3.10. The van der Waals surface area contributed by atoms with Gasteiger partial charge in [0.15, 0.2) is 0 Å². The molecule has 0 radical (unpaired) electrons. The number of aryl methyl sites for hydroxylation is 1. The van der Waals surface area contributed by atoms with E-state index in [0.717, 1.165) is 32.7 Å². The van der Waals surface area contributed by atoms with Crippen molar-refractivity contribution < 1.29 is 0 Å². The Balaban J connectivity index is 1.89. The van der Waals surface area contributed by atoms with Gasteiger partial charge in [-0.1, -0.05) is 76.1 Å². The van der Waals surface area contributed by atoms with Gasteiger partial charge in [0.1, 0.15) is 0 Å². The Morgan fingerprint density at radius 1 is 0.760 bits per heavy atom. The molecule has 1 heterocycles. The lowest BCUT2D eigenvalue weighted by Gasteiger charge is -2.07. The maximum Gasteiger partial charge on any atom is 0.0934 e. The third-order valence-electron chi connectivity index (χ3n) is 4.20. The summed E-state index contributed by atoms with van der Waals surface area (Å²) in [5.74, 6) is 0. The van der Waals surface area contributed by atoms with Crippen molar-refractivity contribution in [2.24, 2.45) is 0 Å². The van der Waals surface area contributed by atoms with E-state index in [1.165, 1.54) is 5.56 Å². The summed E-state index contributed by atoms with van der Waals surface area (Å²) in [4.78, 5) is 0. The first-order chi connectivity index (χ1) is 12.2. The molecule has 0 fully saturated rings. The zero-order valence-electron chi connectivity index (χ0n) is 13.9. The molecular formula is C22H17BrN2. The Labute approximate surface area is 155 Å². The number of para-hydroxylation sites is 1. The number of nitrogens with zero attached hydrogens (tertiary/aromatic N) is 2. The van der Waals surface area contributed by atoms with Gasteiger partial charge in [0.2, 0.25) is 0 Å². The summed E-state index contributed by atoms with van der Waals surface area (Å²) in [7, 11) is 0. The predicted molar refractivity (Wildman–Crippen MR) is 107 cm³/mol. The summed E-state index contributed by atoms with van der Waals surface area (Å²) in [6.07, 6.45) is 0. The zero-order valence-corrected chi connectivity index (χ0v) is 15.4. The lowest BCUT2D eigenvalue weighted by Crippen LogP contribution is -1.98. The van der Waals surface area contributed by atoms with Gasteiger partial charge in [-0.05, 0) is 37.3 Å². The highest BCUT2D eigenvalue weighted by Gasteiger charge is 2.13. The molecule has 0 saturated heterocycles. The molecule has 1 aromatic heterocycles. The SMILES string of the molecule is Cc1ccc(-c2cc(-c3ccc(Br)cc3)nn2-c2ccccc2)cc1. The number of hydrogen-bond donors (Lipinski definition) is 0.